The smallest absolute Gasteiger partial charge is 0.119 e. The van der Waals surface area contributed by atoms with Crippen molar-refractivity contribution in [3.63, 3.8) is 0 Å². The van der Waals surface area contributed by atoms with Crippen molar-refractivity contribution >= 4 is 0 Å². The van der Waals surface area contributed by atoms with E-state index in [0.29, 0.717) is 5.56 Å². The molecule has 2 nitrogen and oxygen atoms in total. The summed E-state index contributed by atoms with van der Waals surface area (Å²) in [6, 6.07) is 6.45. The summed E-state index contributed by atoms with van der Waals surface area (Å²) in [6.07, 6.45) is 0. The second-order valence-electron chi connectivity index (χ2n) is 2.59. The van der Waals surface area contributed by atoms with Crippen molar-refractivity contribution < 1.29 is 14.6 Å². The molecule has 0 aliphatic heterocycles. The van der Waals surface area contributed by atoms with Crippen molar-refractivity contribution in [3.05, 3.63) is 29.8 Å². The summed E-state index contributed by atoms with van der Waals surface area (Å²) in [7, 11) is 0. The highest BCUT2D eigenvalue weighted by molar-refractivity contribution is 5.34. The molecule has 0 aliphatic rings. The van der Waals surface area contributed by atoms with Gasteiger partial charge in [0.2, 0.25) is 0 Å². The van der Waals surface area contributed by atoms with Crippen LogP contribution in [0.25, 0.3) is 0 Å². The van der Waals surface area contributed by atoms with Gasteiger partial charge in [0, 0.05) is 11.5 Å². The van der Waals surface area contributed by atoms with Gasteiger partial charge in [-0.2, -0.15) is 0 Å². The molecule has 0 aromatic heterocycles. The van der Waals surface area contributed by atoms with E-state index < -0.39 is 12.6 Å². The zero-order chi connectivity index (χ0) is 8.97. The third-order valence-electron chi connectivity index (χ3n) is 1.78. The van der Waals surface area contributed by atoms with E-state index in [1.54, 1.807) is 18.2 Å². The van der Waals surface area contributed by atoms with E-state index in [0.717, 1.165) is 0 Å². The number of aliphatic hydroxyl groups is 1. The van der Waals surface area contributed by atoms with E-state index in [9.17, 15) is 9.50 Å². The van der Waals surface area contributed by atoms with Crippen LogP contribution in [0.1, 0.15) is 11.5 Å². The highest BCUT2D eigenvalue weighted by Crippen LogP contribution is 2.24. The number of hydrogen-bond donors (Lipinski definition) is 2. The van der Waals surface area contributed by atoms with Gasteiger partial charge in [-0.1, -0.05) is 18.2 Å². The first-order chi connectivity index (χ1) is 5.79. The van der Waals surface area contributed by atoms with E-state index in [-0.39, 0.29) is 12.4 Å². The van der Waals surface area contributed by atoms with Crippen molar-refractivity contribution in [2.24, 2.45) is 0 Å². The Hall–Kier alpha value is -1.09. The molecule has 0 saturated carbocycles. The van der Waals surface area contributed by atoms with Crippen molar-refractivity contribution in [3.8, 4) is 5.75 Å². The van der Waals surface area contributed by atoms with Gasteiger partial charge < -0.3 is 10.2 Å². The van der Waals surface area contributed by atoms with Crippen LogP contribution in [-0.2, 0) is 0 Å². The van der Waals surface area contributed by atoms with Gasteiger partial charge in [0.15, 0.2) is 0 Å². The fourth-order valence-electron chi connectivity index (χ4n) is 1.06. The molecule has 0 bridgehead atoms. The SMILES string of the molecule is OCC(CF)c1ccccc1O. The monoisotopic (exact) mass is 170 g/mol. The normalized spacial score (nSPS) is 12.8. The lowest BCUT2D eigenvalue weighted by molar-refractivity contribution is 0.238. The van der Waals surface area contributed by atoms with E-state index in [4.69, 9.17) is 5.11 Å². The lowest BCUT2D eigenvalue weighted by Crippen LogP contribution is -2.06. The Balaban J connectivity index is 2.92. The Labute approximate surface area is 70.3 Å². The molecule has 3 heteroatoms. The maximum atomic E-state index is 12.3. The molecule has 12 heavy (non-hydrogen) atoms. The van der Waals surface area contributed by atoms with Gasteiger partial charge in [0.25, 0.3) is 0 Å². The van der Waals surface area contributed by atoms with Gasteiger partial charge in [-0.3, -0.25) is 4.39 Å². The summed E-state index contributed by atoms with van der Waals surface area (Å²) >= 11 is 0. The quantitative estimate of drug-likeness (QED) is 0.720. The van der Waals surface area contributed by atoms with Crippen LogP contribution in [0.2, 0.25) is 0 Å². The van der Waals surface area contributed by atoms with Crippen LogP contribution in [0.5, 0.6) is 5.75 Å². The second-order valence-corrected chi connectivity index (χ2v) is 2.59. The van der Waals surface area contributed by atoms with E-state index >= 15 is 0 Å². The van der Waals surface area contributed by atoms with Gasteiger partial charge >= 0.3 is 0 Å². The van der Waals surface area contributed by atoms with Crippen LogP contribution in [0.3, 0.4) is 0 Å². The summed E-state index contributed by atoms with van der Waals surface area (Å²) in [5.41, 5.74) is 0.461. The number of benzene rings is 1. The Kier molecular flexibility index (Phi) is 3.05. The molecule has 1 unspecified atom stereocenters. The predicted molar refractivity (Wildman–Crippen MR) is 43.9 cm³/mol. The minimum atomic E-state index is -0.659. The molecule has 1 aromatic rings. The number of aliphatic hydroxyl groups excluding tert-OH is 1. The Morgan fingerprint density at radius 1 is 1.33 bits per heavy atom. The Bertz CT molecular complexity index is 246. The van der Waals surface area contributed by atoms with E-state index in [1.165, 1.54) is 6.07 Å². The molecule has 0 radical (unpaired) electrons. The summed E-state index contributed by atoms with van der Waals surface area (Å²) in [5.74, 6) is -0.569. The van der Waals surface area contributed by atoms with Crippen molar-refractivity contribution in [1.29, 1.82) is 0 Å². The fourth-order valence-corrected chi connectivity index (χ4v) is 1.06. The third kappa shape index (κ3) is 1.74. The number of hydrogen-bond acceptors (Lipinski definition) is 2. The largest absolute Gasteiger partial charge is 0.508 e. The molecule has 1 aromatic carbocycles. The van der Waals surface area contributed by atoms with Gasteiger partial charge in [-0.25, -0.2) is 0 Å². The zero-order valence-electron chi connectivity index (χ0n) is 6.57. The standard InChI is InChI=1S/C9H11FO2/c10-5-7(6-11)8-3-1-2-4-9(8)12/h1-4,7,11-12H,5-6H2. The molecule has 66 valence electrons. The predicted octanol–water partition coefficient (Wildman–Crippen LogP) is 1.44. The fraction of sp³-hybridized carbons (Fsp3) is 0.333. The molecule has 1 rings (SSSR count). The number of alkyl halides is 1. The number of halogens is 1. The Morgan fingerprint density at radius 2 is 2.00 bits per heavy atom. The third-order valence-corrected chi connectivity index (χ3v) is 1.78. The maximum Gasteiger partial charge on any atom is 0.119 e. The lowest BCUT2D eigenvalue weighted by Gasteiger charge is -2.10. The average molecular weight is 170 g/mol. The molecule has 0 aliphatic carbocycles. The molecular formula is C9H11FO2. The molecular weight excluding hydrogens is 159 g/mol. The van der Waals surface area contributed by atoms with Crippen molar-refractivity contribution in [2.45, 2.75) is 5.92 Å². The van der Waals surface area contributed by atoms with Crippen LogP contribution >= 0.6 is 0 Å². The number of phenols is 1. The summed E-state index contributed by atoms with van der Waals surface area (Å²) in [6.45, 7) is -0.942. The van der Waals surface area contributed by atoms with Crippen molar-refractivity contribution in [1.82, 2.24) is 0 Å². The van der Waals surface area contributed by atoms with Gasteiger partial charge in [-0.15, -0.1) is 0 Å². The van der Waals surface area contributed by atoms with E-state index in [2.05, 4.69) is 0 Å². The number of aromatic hydroxyl groups is 1. The van der Waals surface area contributed by atoms with Crippen LogP contribution in [0, 0.1) is 0 Å². The van der Waals surface area contributed by atoms with Gasteiger partial charge in [0.05, 0.1) is 13.3 Å². The highest BCUT2D eigenvalue weighted by atomic mass is 19.1. The number of para-hydroxylation sites is 1. The van der Waals surface area contributed by atoms with E-state index in [1.807, 2.05) is 0 Å². The second kappa shape index (κ2) is 4.07. The molecule has 2 N–H and O–H groups in total. The lowest BCUT2D eigenvalue weighted by atomic mass is 10.0. The molecule has 1 atom stereocenters. The van der Waals surface area contributed by atoms with Crippen molar-refractivity contribution in [2.75, 3.05) is 13.3 Å². The molecule has 0 saturated heterocycles. The summed E-state index contributed by atoms with van der Waals surface area (Å²) < 4.78 is 12.3. The molecule has 0 heterocycles. The van der Waals surface area contributed by atoms with Crippen LogP contribution in [0.15, 0.2) is 24.3 Å². The van der Waals surface area contributed by atoms with Gasteiger partial charge in [0.1, 0.15) is 5.75 Å². The first-order valence-corrected chi connectivity index (χ1v) is 3.74. The Morgan fingerprint density at radius 3 is 2.50 bits per heavy atom. The first kappa shape index (κ1) is 9.00. The van der Waals surface area contributed by atoms with Gasteiger partial charge in [-0.05, 0) is 6.07 Å². The highest BCUT2D eigenvalue weighted by Gasteiger charge is 2.12. The summed E-state index contributed by atoms with van der Waals surface area (Å²) in [5, 5.41) is 18.0. The first-order valence-electron chi connectivity index (χ1n) is 3.74. The van der Waals surface area contributed by atoms with Crippen LogP contribution < -0.4 is 0 Å². The molecule has 0 fully saturated rings. The van der Waals surface area contributed by atoms with Crippen LogP contribution in [-0.4, -0.2) is 23.5 Å². The van der Waals surface area contributed by atoms with Crippen LogP contribution in [0.4, 0.5) is 4.39 Å². The minimum Gasteiger partial charge on any atom is -0.508 e. The number of phenolic OH excluding ortho intramolecular Hbond substituents is 1. The average Bonchev–Trinajstić information content (AvgIpc) is 2.10. The maximum absolute atomic E-state index is 12.3. The molecule has 0 amide bonds. The molecule has 0 spiro atoms. The number of rotatable bonds is 3. The minimum absolute atomic E-state index is 0.0363. The topological polar surface area (TPSA) is 40.5 Å². The summed E-state index contributed by atoms with van der Waals surface area (Å²) in [4.78, 5) is 0. The zero-order valence-corrected chi connectivity index (χ0v) is 6.57.